The van der Waals surface area contributed by atoms with E-state index in [1.807, 2.05) is 0 Å². The standard InChI is InChI=1S/C10H17NO5/c1-2-11(5-6-12)9(13)7-3-4-8(16-7)10(14)15/h7-8,12H,2-6H2,1H3,(H,14,15). The Bertz CT molecular complexity index is 268. The van der Waals surface area contributed by atoms with Crippen LogP contribution in [0.4, 0.5) is 0 Å². The Hall–Kier alpha value is -1.14. The van der Waals surface area contributed by atoms with Crippen LogP contribution in [-0.2, 0) is 14.3 Å². The van der Waals surface area contributed by atoms with Crippen molar-refractivity contribution in [3.63, 3.8) is 0 Å². The monoisotopic (exact) mass is 231 g/mol. The van der Waals surface area contributed by atoms with Crippen molar-refractivity contribution in [1.82, 2.24) is 4.90 Å². The molecule has 1 rings (SSSR count). The summed E-state index contributed by atoms with van der Waals surface area (Å²) in [5.41, 5.74) is 0. The summed E-state index contributed by atoms with van der Waals surface area (Å²) >= 11 is 0. The van der Waals surface area contributed by atoms with Gasteiger partial charge in [-0.05, 0) is 19.8 Å². The average Bonchev–Trinajstić information content (AvgIpc) is 2.74. The van der Waals surface area contributed by atoms with E-state index in [4.69, 9.17) is 14.9 Å². The van der Waals surface area contributed by atoms with Gasteiger partial charge in [-0.3, -0.25) is 4.79 Å². The predicted octanol–water partition coefficient (Wildman–Crippen LogP) is -0.541. The molecule has 92 valence electrons. The topological polar surface area (TPSA) is 87.1 Å². The number of amides is 1. The molecule has 0 aromatic heterocycles. The van der Waals surface area contributed by atoms with Gasteiger partial charge in [-0.15, -0.1) is 0 Å². The highest BCUT2D eigenvalue weighted by molar-refractivity contribution is 5.82. The van der Waals surface area contributed by atoms with Crippen LogP contribution in [0.2, 0.25) is 0 Å². The van der Waals surface area contributed by atoms with Crippen LogP contribution in [0.15, 0.2) is 0 Å². The maximum atomic E-state index is 11.8. The molecule has 2 atom stereocenters. The Morgan fingerprint density at radius 2 is 2.00 bits per heavy atom. The molecule has 0 aromatic rings. The number of rotatable bonds is 5. The molecule has 1 saturated heterocycles. The molecule has 0 aromatic carbocycles. The summed E-state index contributed by atoms with van der Waals surface area (Å²) in [5.74, 6) is -1.26. The Balaban J connectivity index is 2.52. The van der Waals surface area contributed by atoms with Gasteiger partial charge < -0.3 is 19.8 Å². The van der Waals surface area contributed by atoms with Crippen molar-refractivity contribution in [2.45, 2.75) is 32.0 Å². The lowest BCUT2D eigenvalue weighted by Crippen LogP contribution is -2.41. The number of aliphatic hydroxyl groups excluding tert-OH is 1. The maximum absolute atomic E-state index is 11.8. The van der Waals surface area contributed by atoms with E-state index in [0.717, 1.165) is 0 Å². The molecule has 1 fully saturated rings. The highest BCUT2D eigenvalue weighted by Crippen LogP contribution is 2.21. The summed E-state index contributed by atoms with van der Waals surface area (Å²) in [4.78, 5) is 23.9. The van der Waals surface area contributed by atoms with Crippen LogP contribution in [0.25, 0.3) is 0 Å². The van der Waals surface area contributed by atoms with Crippen LogP contribution in [0, 0.1) is 0 Å². The third-order valence-corrected chi connectivity index (χ3v) is 2.63. The molecule has 6 heteroatoms. The molecule has 1 heterocycles. The van der Waals surface area contributed by atoms with E-state index in [0.29, 0.717) is 19.4 Å². The quantitative estimate of drug-likeness (QED) is 0.663. The van der Waals surface area contributed by atoms with Crippen LogP contribution in [0.3, 0.4) is 0 Å². The zero-order valence-corrected chi connectivity index (χ0v) is 9.26. The minimum absolute atomic E-state index is 0.103. The molecule has 1 aliphatic heterocycles. The molecule has 0 radical (unpaired) electrons. The van der Waals surface area contributed by atoms with E-state index in [9.17, 15) is 9.59 Å². The summed E-state index contributed by atoms with van der Waals surface area (Å²) in [5, 5.41) is 17.5. The second-order valence-corrected chi connectivity index (χ2v) is 3.67. The van der Waals surface area contributed by atoms with Gasteiger partial charge in [-0.2, -0.15) is 0 Å². The lowest BCUT2D eigenvalue weighted by molar-refractivity contribution is -0.154. The van der Waals surface area contributed by atoms with E-state index in [1.54, 1.807) is 6.92 Å². The zero-order chi connectivity index (χ0) is 12.1. The van der Waals surface area contributed by atoms with Crippen molar-refractivity contribution in [3.8, 4) is 0 Å². The predicted molar refractivity (Wildman–Crippen MR) is 54.9 cm³/mol. The third-order valence-electron chi connectivity index (χ3n) is 2.63. The molecule has 2 N–H and O–H groups in total. The number of aliphatic hydroxyl groups is 1. The maximum Gasteiger partial charge on any atom is 0.332 e. The van der Waals surface area contributed by atoms with Gasteiger partial charge in [0.2, 0.25) is 0 Å². The SMILES string of the molecule is CCN(CCO)C(=O)C1CCC(C(=O)O)O1. The van der Waals surface area contributed by atoms with Crippen molar-refractivity contribution in [2.24, 2.45) is 0 Å². The van der Waals surface area contributed by atoms with Crippen LogP contribution < -0.4 is 0 Å². The molecular formula is C10H17NO5. The highest BCUT2D eigenvalue weighted by Gasteiger charge is 2.36. The summed E-state index contributed by atoms with van der Waals surface area (Å²) in [6.07, 6.45) is -0.755. The second-order valence-electron chi connectivity index (χ2n) is 3.67. The average molecular weight is 231 g/mol. The molecule has 1 amide bonds. The van der Waals surface area contributed by atoms with E-state index >= 15 is 0 Å². The molecule has 0 bridgehead atoms. The molecular weight excluding hydrogens is 214 g/mol. The van der Waals surface area contributed by atoms with Crippen LogP contribution in [-0.4, -0.2) is 58.9 Å². The Labute approximate surface area is 93.8 Å². The smallest absolute Gasteiger partial charge is 0.332 e. The molecule has 2 unspecified atom stereocenters. The summed E-state index contributed by atoms with van der Waals surface area (Å²) < 4.78 is 5.14. The van der Waals surface area contributed by atoms with Crippen LogP contribution in [0.5, 0.6) is 0 Å². The Morgan fingerprint density at radius 1 is 1.38 bits per heavy atom. The summed E-state index contributed by atoms with van der Waals surface area (Å²) in [7, 11) is 0. The van der Waals surface area contributed by atoms with Crippen molar-refractivity contribution >= 4 is 11.9 Å². The number of carbonyl (C=O) groups excluding carboxylic acids is 1. The van der Waals surface area contributed by atoms with Gasteiger partial charge in [-0.25, -0.2) is 4.79 Å². The summed E-state index contributed by atoms with van der Waals surface area (Å²) in [6, 6.07) is 0. The highest BCUT2D eigenvalue weighted by atomic mass is 16.5. The molecule has 0 saturated carbocycles. The number of likely N-dealkylation sites (N-methyl/N-ethyl adjacent to an activating group) is 1. The Kier molecular flexibility index (Phi) is 4.70. The fraction of sp³-hybridized carbons (Fsp3) is 0.800. The first-order chi connectivity index (χ1) is 7.60. The third kappa shape index (κ3) is 2.93. The number of carboxylic acid groups (broad SMARTS) is 1. The van der Waals surface area contributed by atoms with Gasteiger partial charge in [-0.1, -0.05) is 0 Å². The van der Waals surface area contributed by atoms with Crippen molar-refractivity contribution in [1.29, 1.82) is 0 Å². The molecule has 0 aliphatic carbocycles. The summed E-state index contributed by atoms with van der Waals surface area (Å²) in [6.45, 7) is 2.44. The number of ether oxygens (including phenoxy) is 1. The lowest BCUT2D eigenvalue weighted by atomic mass is 10.2. The first-order valence-corrected chi connectivity index (χ1v) is 5.38. The van der Waals surface area contributed by atoms with Crippen LogP contribution >= 0.6 is 0 Å². The Morgan fingerprint density at radius 3 is 2.44 bits per heavy atom. The van der Waals surface area contributed by atoms with Crippen molar-refractivity contribution < 1.29 is 24.5 Å². The molecule has 0 spiro atoms. The fourth-order valence-corrected chi connectivity index (χ4v) is 1.75. The lowest BCUT2D eigenvalue weighted by Gasteiger charge is -2.23. The van der Waals surface area contributed by atoms with Gasteiger partial charge in [0.15, 0.2) is 6.10 Å². The van der Waals surface area contributed by atoms with Gasteiger partial charge in [0.25, 0.3) is 5.91 Å². The fourth-order valence-electron chi connectivity index (χ4n) is 1.75. The van der Waals surface area contributed by atoms with Crippen molar-refractivity contribution in [3.05, 3.63) is 0 Å². The largest absolute Gasteiger partial charge is 0.479 e. The number of aliphatic carboxylic acids is 1. The number of carboxylic acids is 1. The van der Waals surface area contributed by atoms with E-state index in [2.05, 4.69) is 0 Å². The minimum Gasteiger partial charge on any atom is -0.479 e. The molecule has 1 aliphatic rings. The number of hydrogen-bond donors (Lipinski definition) is 2. The van der Waals surface area contributed by atoms with Gasteiger partial charge in [0, 0.05) is 13.1 Å². The molecule has 16 heavy (non-hydrogen) atoms. The van der Waals surface area contributed by atoms with Gasteiger partial charge in [0.1, 0.15) is 6.10 Å². The minimum atomic E-state index is -1.03. The second kappa shape index (κ2) is 5.81. The van der Waals surface area contributed by atoms with E-state index in [1.165, 1.54) is 4.90 Å². The van der Waals surface area contributed by atoms with E-state index in [-0.39, 0.29) is 19.1 Å². The van der Waals surface area contributed by atoms with Crippen LogP contribution in [0.1, 0.15) is 19.8 Å². The number of hydrogen-bond acceptors (Lipinski definition) is 4. The van der Waals surface area contributed by atoms with E-state index < -0.39 is 18.2 Å². The number of carbonyl (C=O) groups is 2. The number of nitrogens with zero attached hydrogens (tertiary/aromatic N) is 1. The molecule has 6 nitrogen and oxygen atoms in total. The van der Waals surface area contributed by atoms with Gasteiger partial charge in [0.05, 0.1) is 6.61 Å². The first-order valence-electron chi connectivity index (χ1n) is 5.38. The zero-order valence-electron chi connectivity index (χ0n) is 9.26. The van der Waals surface area contributed by atoms with Gasteiger partial charge >= 0.3 is 5.97 Å². The normalized spacial score (nSPS) is 24.4. The first kappa shape index (κ1) is 12.9. The van der Waals surface area contributed by atoms with Crippen molar-refractivity contribution in [2.75, 3.05) is 19.7 Å².